The molecular formula is C26H28ClN3O4S. The standard InChI is InChI=1S/C26H28ClN3O4S/c1-19(2)18-34-23-13-10-21(11-14-23)16-28-29-26(31)17-30(22-12-9-20(3)25(27)15-22)35(32,33)24-7-5-4-6-8-24/h4-16,19H,17-18H2,1-3H3,(H,29,31)/b28-16+. The van der Waals surface area contributed by atoms with Crippen LogP contribution < -0.4 is 14.5 Å². The second kappa shape index (κ2) is 11.9. The molecule has 0 fully saturated rings. The molecule has 0 spiro atoms. The van der Waals surface area contributed by atoms with Gasteiger partial charge in [-0.05, 0) is 72.5 Å². The van der Waals surface area contributed by atoms with Crippen LogP contribution in [-0.2, 0) is 14.8 Å². The van der Waals surface area contributed by atoms with E-state index in [1.54, 1.807) is 30.3 Å². The van der Waals surface area contributed by atoms with E-state index in [1.807, 2.05) is 31.2 Å². The number of nitrogens with one attached hydrogen (secondary N) is 1. The van der Waals surface area contributed by atoms with Crippen LogP contribution in [0.2, 0.25) is 5.02 Å². The second-order valence-electron chi connectivity index (χ2n) is 8.33. The smallest absolute Gasteiger partial charge is 0.264 e. The molecule has 35 heavy (non-hydrogen) atoms. The van der Waals surface area contributed by atoms with Crippen LogP contribution in [0.3, 0.4) is 0 Å². The van der Waals surface area contributed by atoms with E-state index in [-0.39, 0.29) is 10.6 Å². The Balaban J connectivity index is 1.74. The van der Waals surface area contributed by atoms with E-state index in [0.717, 1.165) is 21.2 Å². The molecule has 0 heterocycles. The fourth-order valence-electron chi connectivity index (χ4n) is 3.03. The molecule has 3 rings (SSSR count). The molecule has 1 amide bonds. The van der Waals surface area contributed by atoms with Gasteiger partial charge in [0, 0.05) is 5.02 Å². The van der Waals surface area contributed by atoms with Crippen LogP contribution >= 0.6 is 11.6 Å². The zero-order valence-corrected chi connectivity index (χ0v) is 21.4. The zero-order valence-electron chi connectivity index (χ0n) is 19.8. The third kappa shape index (κ3) is 7.31. The van der Waals surface area contributed by atoms with Crippen molar-refractivity contribution in [2.24, 2.45) is 11.0 Å². The number of carbonyl (C=O) groups is 1. The van der Waals surface area contributed by atoms with Crippen LogP contribution in [-0.4, -0.2) is 33.7 Å². The highest BCUT2D eigenvalue weighted by atomic mass is 35.5. The molecule has 0 aromatic heterocycles. The predicted octanol–water partition coefficient (Wildman–Crippen LogP) is 5.03. The molecule has 0 saturated heterocycles. The van der Waals surface area contributed by atoms with Crippen molar-refractivity contribution in [3.05, 3.63) is 88.9 Å². The summed E-state index contributed by atoms with van der Waals surface area (Å²) >= 11 is 6.23. The first-order chi connectivity index (χ1) is 16.7. The number of ether oxygens (including phenoxy) is 1. The average molecular weight is 514 g/mol. The van der Waals surface area contributed by atoms with Gasteiger partial charge in [0.25, 0.3) is 15.9 Å². The van der Waals surface area contributed by atoms with Gasteiger partial charge in [-0.3, -0.25) is 9.10 Å². The minimum atomic E-state index is -4.02. The second-order valence-corrected chi connectivity index (χ2v) is 10.6. The fraction of sp³-hybridized carbons (Fsp3) is 0.231. The van der Waals surface area contributed by atoms with Crippen molar-refractivity contribution in [2.45, 2.75) is 25.7 Å². The third-order valence-electron chi connectivity index (χ3n) is 4.93. The Morgan fingerprint density at radius 1 is 1.09 bits per heavy atom. The van der Waals surface area contributed by atoms with Crippen molar-refractivity contribution in [1.82, 2.24) is 5.43 Å². The Hall–Kier alpha value is -3.36. The van der Waals surface area contributed by atoms with Gasteiger partial charge >= 0.3 is 0 Å². The van der Waals surface area contributed by atoms with Gasteiger partial charge in [0.05, 0.1) is 23.4 Å². The Kier molecular flexibility index (Phi) is 8.89. The maximum absolute atomic E-state index is 13.3. The monoisotopic (exact) mass is 513 g/mol. The number of anilines is 1. The molecular weight excluding hydrogens is 486 g/mol. The number of halogens is 1. The average Bonchev–Trinajstić information content (AvgIpc) is 2.84. The van der Waals surface area contributed by atoms with Crippen molar-refractivity contribution >= 4 is 39.4 Å². The molecule has 0 bridgehead atoms. The van der Waals surface area contributed by atoms with Crippen LogP contribution in [0.5, 0.6) is 5.75 Å². The lowest BCUT2D eigenvalue weighted by Gasteiger charge is -2.24. The maximum atomic E-state index is 13.3. The van der Waals surface area contributed by atoms with Gasteiger partial charge in [0.2, 0.25) is 0 Å². The number of sulfonamides is 1. The van der Waals surface area contributed by atoms with Crippen molar-refractivity contribution in [3.8, 4) is 5.75 Å². The number of nitrogens with zero attached hydrogens (tertiary/aromatic N) is 2. The molecule has 0 aliphatic carbocycles. The Morgan fingerprint density at radius 3 is 2.40 bits per heavy atom. The molecule has 1 N–H and O–H groups in total. The van der Waals surface area contributed by atoms with Crippen LogP contribution in [0.4, 0.5) is 5.69 Å². The number of hydrogen-bond acceptors (Lipinski definition) is 5. The normalized spacial score (nSPS) is 11.6. The van der Waals surface area contributed by atoms with E-state index in [9.17, 15) is 13.2 Å². The van der Waals surface area contributed by atoms with Crippen LogP contribution in [0.15, 0.2) is 82.8 Å². The largest absolute Gasteiger partial charge is 0.493 e. The Morgan fingerprint density at radius 2 is 1.77 bits per heavy atom. The summed E-state index contributed by atoms with van der Waals surface area (Å²) in [6, 6.07) is 20.0. The number of hydrazone groups is 1. The van der Waals surface area contributed by atoms with Crippen LogP contribution in [0.25, 0.3) is 0 Å². The molecule has 3 aromatic carbocycles. The minimum absolute atomic E-state index is 0.0628. The van der Waals surface area contributed by atoms with Gasteiger partial charge in [-0.2, -0.15) is 5.10 Å². The molecule has 7 nitrogen and oxygen atoms in total. The highest BCUT2D eigenvalue weighted by Gasteiger charge is 2.27. The van der Waals surface area contributed by atoms with Crippen molar-refractivity contribution in [2.75, 3.05) is 17.5 Å². The van der Waals surface area contributed by atoms with Crippen molar-refractivity contribution in [3.63, 3.8) is 0 Å². The van der Waals surface area contributed by atoms with Gasteiger partial charge in [-0.25, -0.2) is 13.8 Å². The molecule has 0 atom stereocenters. The molecule has 0 radical (unpaired) electrons. The lowest BCUT2D eigenvalue weighted by Crippen LogP contribution is -2.39. The Labute approximate surface area is 211 Å². The molecule has 0 saturated carbocycles. The maximum Gasteiger partial charge on any atom is 0.264 e. The van der Waals surface area contributed by atoms with E-state index in [1.165, 1.54) is 24.4 Å². The first-order valence-corrected chi connectivity index (χ1v) is 12.9. The topological polar surface area (TPSA) is 88.1 Å². The summed E-state index contributed by atoms with van der Waals surface area (Å²) in [7, 11) is -4.02. The van der Waals surface area contributed by atoms with Gasteiger partial charge in [0.1, 0.15) is 12.3 Å². The number of carbonyl (C=O) groups excluding carboxylic acids is 1. The number of rotatable bonds is 10. The number of hydrogen-bond donors (Lipinski definition) is 1. The quantitative estimate of drug-likeness (QED) is 0.304. The lowest BCUT2D eigenvalue weighted by molar-refractivity contribution is -0.119. The summed E-state index contributed by atoms with van der Waals surface area (Å²) in [6.07, 6.45) is 1.48. The molecule has 9 heteroatoms. The predicted molar refractivity (Wildman–Crippen MR) is 140 cm³/mol. The molecule has 0 aliphatic rings. The molecule has 3 aromatic rings. The van der Waals surface area contributed by atoms with E-state index >= 15 is 0 Å². The molecule has 0 aliphatic heterocycles. The van der Waals surface area contributed by atoms with Crippen LogP contribution in [0.1, 0.15) is 25.0 Å². The number of amides is 1. The van der Waals surface area contributed by atoms with Gasteiger partial charge < -0.3 is 4.74 Å². The molecule has 184 valence electrons. The van der Waals surface area contributed by atoms with E-state index in [2.05, 4.69) is 24.4 Å². The first-order valence-electron chi connectivity index (χ1n) is 11.1. The van der Waals surface area contributed by atoms with E-state index in [0.29, 0.717) is 17.5 Å². The first kappa shape index (κ1) is 26.2. The fourth-order valence-corrected chi connectivity index (χ4v) is 4.64. The van der Waals surface area contributed by atoms with E-state index < -0.39 is 22.5 Å². The number of benzene rings is 3. The highest BCUT2D eigenvalue weighted by molar-refractivity contribution is 7.92. The van der Waals surface area contributed by atoms with Crippen molar-refractivity contribution < 1.29 is 17.9 Å². The summed E-state index contributed by atoms with van der Waals surface area (Å²) in [5.41, 5.74) is 4.22. The Bertz CT molecular complexity index is 1280. The minimum Gasteiger partial charge on any atom is -0.493 e. The van der Waals surface area contributed by atoms with E-state index in [4.69, 9.17) is 16.3 Å². The number of aryl methyl sites for hydroxylation is 1. The lowest BCUT2D eigenvalue weighted by atomic mass is 10.2. The summed E-state index contributed by atoms with van der Waals surface area (Å²) in [6.45, 7) is 6.10. The third-order valence-corrected chi connectivity index (χ3v) is 7.12. The van der Waals surface area contributed by atoms with Crippen LogP contribution in [0, 0.1) is 12.8 Å². The summed E-state index contributed by atoms with van der Waals surface area (Å²) in [5, 5.41) is 4.36. The summed E-state index contributed by atoms with van der Waals surface area (Å²) in [5.74, 6) is 0.570. The highest BCUT2D eigenvalue weighted by Crippen LogP contribution is 2.27. The SMILES string of the molecule is Cc1ccc(N(CC(=O)N/N=C/c2ccc(OCC(C)C)cc2)S(=O)(=O)c2ccccc2)cc1Cl. The summed E-state index contributed by atoms with van der Waals surface area (Å²) in [4.78, 5) is 12.7. The molecule has 0 unspecified atom stereocenters. The van der Waals surface area contributed by atoms with Crippen molar-refractivity contribution in [1.29, 1.82) is 0 Å². The van der Waals surface area contributed by atoms with Gasteiger partial charge in [-0.1, -0.05) is 49.7 Å². The van der Waals surface area contributed by atoms with Gasteiger partial charge in [-0.15, -0.1) is 0 Å². The zero-order chi connectivity index (χ0) is 25.4. The van der Waals surface area contributed by atoms with Gasteiger partial charge in [0.15, 0.2) is 0 Å². The summed E-state index contributed by atoms with van der Waals surface area (Å²) < 4.78 is 33.3.